The molecule has 0 amide bonds. The van der Waals surface area contributed by atoms with Crippen LogP contribution in [0.25, 0.3) is 11.4 Å². The van der Waals surface area contributed by atoms with Crippen LogP contribution in [0.4, 0.5) is 0 Å². The summed E-state index contributed by atoms with van der Waals surface area (Å²) >= 11 is 0. The van der Waals surface area contributed by atoms with Gasteiger partial charge in [0.05, 0.1) is 18.5 Å². The van der Waals surface area contributed by atoms with Gasteiger partial charge in [-0.1, -0.05) is 13.0 Å². The zero-order valence-corrected chi connectivity index (χ0v) is 13.1. The molecule has 1 unspecified atom stereocenters. The van der Waals surface area contributed by atoms with Gasteiger partial charge in [0.15, 0.2) is 0 Å². The van der Waals surface area contributed by atoms with Crippen molar-refractivity contribution in [3.63, 3.8) is 0 Å². The van der Waals surface area contributed by atoms with Crippen LogP contribution in [-0.4, -0.2) is 23.0 Å². The number of fused-ring (bicyclic) bond motifs is 3. The van der Waals surface area contributed by atoms with Gasteiger partial charge >= 0.3 is 5.97 Å². The fourth-order valence-corrected chi connectivity index (χ4v) is 3.29. The molecule has 0 saturated carbocycles. The predicted octanol–water partition coefficient (Wildman–Crippen LogP) is 2.50. The van der Waals surface area contributed by atoms with Crippen molar-refractivity contribution >= 4 is 5.97 Å². The Hall–Kier alpha value is -2.43. The van der Waals surface area contributed by atoms with Gasteiger partial charge in [0.1, 0.15) is 5.56 Å². The smallest absolute Gasteiger partial charge is 0.343 e. The van der Waals surface area contributed by atoms with E-state index in [1.54, 1.807) is 6.92 Å². The molecular formula is C17H18N2O3. The molecule has 1 aliphatic carbocycles. The first-order chi connectivity index (χ1) is 10.4. The molecule has 0 aliphatic heterocycles. The lowest BCUT2D eigenvalue weighted by molar-refractivity contribution is 0.0597. The Bertz CT molecular complexity index is 837. The van der Waals surface area contributed by atoms with Crippen molar-refractivity contribution in [2.45, 2.75) is 33.1 Å². The standard InChI is InChI=1S/C17H18N2O3/c1-8-7-11-6-5-9(2)18-14(11)15-12(8)10(3)13(16(20)19-15)17(21)22-4/h5-6,8H,7H2,1-4H3,(H,19,20). The van der Waals surface area contributed by atoms with E-state index in [2.05, 4.69) is 23.0 Å². The van der Waals surface area contributed by atoms with Crippen molar-refractivity contribution in [2.75, 3.05) is 7.11 Å². The van der Waals surface area contributed by atoms with E-state index in [0.717, 1.165) is 34.6 Å². The number of nitrogens with zero attached hydrogens (tertiary/aromatic N) is 1. The van der Waals surface area contributed by atoms with Crippen molar-refractivity contribution in [1.82, 2.24) is 9.97 Å². The minimum Gasteiger partial charge on any atom is -0.465 e. The van der Waals surface area contributed by atoms with Crippen LogP contribution in [0.3, 0.4) is 0 Å². The highest BCUT2D eigenvalue weighted by atomic mass is 16.5. The first-order valence-electron chi connectivity index (χ1n) is 7.26. The first-order valence-corrected chi connectivity index (χ1v) is 7.26. The molecule has 0 fully saturated rings. The molecule has 1 atom stereocenters. The number of aromatic amines is 1. The highest BCUT2D eigenvalue weighted by Gasteiger charge is 2.29. The summed E-state index contributed by atoms with van der Waals surface area (Å²) in [7, 11) is 1.28. The summed E-state index contributed by atoms with van der Waals surface area (Å²) < 4.78 is 4.74. The lowest BCUT2D eigenvalue weighted by atomic mass is 9.81. The fourth-order valence-electron chi connectivity index (χ4n) is 3.29. The average Bonchev–Trinajstić information content (AvgIpc) is 2.47. The lowest BCUT2D eigenvalue weighted by Gasteiger charge is -2.26. The first kappa shape index (κ1) is 14.5. The van der Waals surface area contributed by atoms with E-state index in [1.165, 1.54) is 7.11 Å². The summed E-state index contributed by atoms with van der Waals surface area (Å²) in [6, 6.07) is 4.03. The molecule has 5 heteroatoms. The van der Waals surface area contributed by atoms with Crippen molar-refractivity contribution in [3.05, 3.63) is 50.4 Å². The van der Waals surface area contributed by atoms with Crippen LogP contribution in [-0.2, 0) is 11.2 Å². The Morgan fingerprint density at radius 1 is 1.36 bits per heavy atom. The Morgan fingerprint density at radius 3 is 2.77 bits per heavy atom. The van der Waals surface area contributed by atoms with E-state index in [9.17, 15) is 9.59 Å². The summed E-state index contributed by atoms with van der Waals surface area (Å²) in [6.07, 6.45) is 0.836. The van der Waals surface area contributed by atoms with Crippen LogP contribution in [0, 0.1) is 13.8 Å². The zero-order valence-electron chi connectivity index (χ0n) is 13.1. The summed E-state index contributed by atoms with van der Waals surface area (Å²) in [5, 5.41) is 0. The van der Waals surface area contributed by atoms with Crippen LogP contribution in [0.15, 0.2) is 16.9 Å². The monoisotopic (exact) mass is 298 g/mol. The number of hydrogen-bond acceptors (Lipinski definition) is 4. The third-order valence-corrected chi connectivity index (χ3v) is 4.28. The third-order valence-electron chi connectivity index (χ3n) is 4.28. The predicted molar refractivity (Wildman–Crippen MR) is 83.2 cm³/mol. The van der Waals surface area contributed by atoms with Gasteiger partial charge in [0, 0.05) is 5.69 Å². The van der Waals surface area contributed by atoms with Gasteiger partial charge in [-0.25, -0.2) is 4.79 Å². The number of carbonyl (C=O) groups is 1. The SMILES string of the molecule is COC(=O)c1c(C)c2c([nH]c1=O)-c1nc(C)ccc1CC2C. The van der Waals surface area contributed by atoms with Crippen LogP contribution >= 0.6 is 0 Å². The van der Waals surface area contributed by atoms with Gasteiger partial charge in [-0.15, -0.1) is 0 Å². The van der Waals surface area contributed by atoms with Gasteiger partial charge in [0.2, 0.25) is 0 Å². The summed E-state index contributed by atoms with van der Waals surface area (Å²) in [6.45, 7) is 5.82. The Morgan fingerprint density at radius 2 is 2.09 bits per heavy atom. The maximum absolute atomic E-state index is 12.3. The second kappa shape index (κ2) is 5.09. The van der Waals surface area contributed by atoms with Gasteiger partial charge in [-0.05, 0) is 48.9 Å². The Labute approximate surface area is 128 Å². The Balaban J connectivity index is 2.35. The minimum absolute atomic E-state index is 0.0872. The van der Waals surface area contributed by atoms with Crippen molar-refractivity contribution in [2.24, 2.45) is 0 Å². The number of ether oxygens (including phenoxy) is 1. The number of rotatable bonds is 1. The van der Waals surface area contributed by atoms with Gasteiger partial charge in [-0.3, -0.25) is 9.78 Å². The second-order valence-electron chi connectivity index (χ2n) is 5.80. The molecule has 2 heterocycles. The zero-order chi connectivity index (χ0) is 16.0. The molecule has 114 valence electrons. The minimum atomic E-state index is -0.600. The molecular weight excluding hydrogens is 280 g/mol. The molecule has 0 radical (unpaired) electrons. The topological polar surface area (TPSA) is 72.1 Å². The van der Waals surface area contributed by atoms with Gasteiger partial charge in [0.25, 0.3) is 5.56 Å². The van der Waals surface area contributed by atoms with E-state index >= 15 is 0 Å². The molecule has 0 spiro atoms. The maximum Gasteiger partial charge on any atom is 0.343 e. The van der Waals surface area contributed by atoms with E-state index in [4.69, 9.17) is 4.74 Å². The van der Waals surface area contributed by atoms with Crippen LogP contribution in [0.2, 0.25) is 0 Å². The largest absolute Gasteiger partial charge is 0.465 e. The fraction of sp³-hybridized carbons (Fsp3) is 0.353. The lowest BCUT2D eigenvalue weighted by Crippen LogP contribution is -2.26. The number of esters is 1. The highest BCUT2D eigenvalue weighted by Crippen LogP contribution is 2.38. The summed E-state index contributed by atoms with van der Waals surface area (Å²) in [4.78, 5) is 31.6. The molecule has 3 rings (SSSR count). The van der Waals surface area contributed by atoms with E-state index in [0.29, 0.717) is 5.56 Å². The van der Waals surface area contributed by atoms with Crippen LogP contribution in [0.1, 0.15) is 45.6 Å². The molecule has 2 aromatic rings. The average molecular weight is 298 g/mol. The number of H-pyrrole nitrogens is 1. The highest BCUT2D eigenvalue weighted by molar-refractivity contribution is 5.92. The molecule has 22 heavy (non-hydrogen) atoms. The van der Waals surface area contributed by atoms with Crippen molar-refractivity contribution < 1.29 is 9.53 Å². The van der Waals surface area contributed by atoms with Crippen LogP contribution < -0.4 is 5.56 Å². The van der Waals surface area contributed by atoms with Gasteiger partial charge in [-0.2, -0.15) is 0 Å². The number of methoxy groups -OCH3 is 1. The number of nitrogens with one attached hydrogen (secondary N) is 1. The second-order valence-corrected chi connectivity index (χ2v) is 5.80. The number of hydrogen-bond donors (Lipinski definition) is 1. The summed E-state index contributed by atoms with van der Waals surface area (Å²) in [5.74, 6) is -0.399. The van der Waals surface area contributed by atoms with E-state index in [-0.39, 0.29) is 11.5 Å². The number of aryl methyl sites for hydroxylation is 1. The normalized spacial score (nSPS) is 15.9. The van der Waals surface area contributed by atoms with E-state index < -0.39 is 11.5 Å². The number of carbonyl (C=O) groups excluding carboxylic acids is 1. The molecule has 0 saturated heterocycles. The van der Waals surface area contributed by atoms with E-state index in [1.807, 2.05) is 13.0 Å². The molecule has 1 aliphatic rings. The molecule has 5 nitrogen and oxygen atoms in total. The quantitative estimate of drug-likeness (QED) is 0.821. The van der Waals surface area contributed by atoms with Crippen molar-refractivity contribution in [1.29, 1.82) is 0 Å². The Kier molecular flexibility index (Phi) is 3.35. The molecule has 1 N–H and O–H groups in total. The van der Waals surface area contributed by atoms with Crippen molar-refractivity contribution in [3.8, 4) is 11.4 Å². The molecule has 0 bridgehead atoms. The number of pyridine rings is 2. The summed E-state index contributed by atoms with van der Waals surface area (Å²) in [5.41, 5.74) is 4.88. The third kappa shape index (κ3) is 2.04. The van der Waals surface area contributed by atoms with Crippen LogP contribution in [0.5, 0.6) is 0 Å². The molecule has 0 aromatic carbocycles. The number of aromatic nitrogens is 2. The maximum atomic E-state index is 12.3. The van der Waals surface area contributed by atoms with Gasteiger partial charge < -0.3 is 9.72 Å². The molecule has 2 aromatic heterocycles.